The molecule has 0 spiro atoms. The summed E-state index contributed by atoms with van der Waals surface area (Å²) in [6.45, 7) is 2.00. The fourth-order valence-electron chi connectivity index (χ4n) is 0.510. The van der Waals surface area contributed by atoms with Crippen molar-refractivity contribution < 1.29 is 18.1 Å². The lowest BCUT2D eigenvalue weighted by Gasteiger charge is -1.76. The van der Waals surface area contributed by atoms with E-state index in [1.54, 1.807) is 0 Å². The number of hydrogen-bond donors (Lipinski definition) is 2. The molecule has 4 nitrogen and oxygen atoms in total. The summed E-state index contributed by atoms with van der Waals surface area (Å²) < 4.78 is 27.8. The molecule has 1 heterocycles. The summed E-state index contributed by atoms with van der Waals surface area (Å²) in [5.74, 6) is 0. The van der Waals surface area contributed by atoms with Crippen LogP contribution in [0.1, 0.15) is 12.8 Å². The van der Waals surface area contributed by atoms with Gasteiger partial charge in [0.05, 0.1) is 0 Å². The van der Waals surface area contributed by atoms with E-state index < -0.39 is 11.4 Å². The maximum absolute atomic E-state index is 8.67. The zero-order chi connectivity index (χ0) is 7.11. The second-order valence-corrected chi connectivity index (χ2v) is 2.01. The van der Waals surface area contributed by atoms with Crippen LogP contribution in [0, 0.1) is 0 Å². The first-order valence-corrected chi connectivity index (χ1v) is 3.67. The molecule has 0 aromatic rings. The highest BCUT2D eigenvalue weighted by Gasteiger charge is 1.94. The minimum atomic E-state index is -2.61. The topological polar surface area (TPSA) is 66.8 Å². The van der Waals surface area contributed by atoms with Gasteiger partial charge in [0, 0.05) is 13.2 Å². The summed E-state index contributed by atoms with van der Waals surface area (Å²) in [6.07, 6.45) is 2.56. The fraction of sp³-hybridized carbons (Fsp3) is 1.00. The van der Waals surface area contributed by atoms with E-state index in [9.17, 15) is 0 Å². The van der Waals surface area contributed by atoms with Crippen molar-refractivity contribution in [3.8, 4) is 0 Å². The number of ether oxygens (including phenoxy) is 1. The molecule has 2 N–H and O–H groups in total. The molecule has 1 aliphatic rings. The summed E-state index contributed by atoms with van der Waals surface area (Å²) in [5.41, 5.74) is 0. The Labute approximate surface area is 56.3 Å². The normalized spacial score (nSPS) is 17.2. The molecule has 1 aliphatic heterocycles. The van der Waals surface area contributed by atoms with Gasteiger partial charge in [-0.2, -0.15) is 4.21 Å². The standard InChI is InChI=1S/C4H8O.H2O3S/c1-2-4-5-3-1;1-4(2)3/h1-4H2;(H2,1,2,3). The smallest absolute Gasteiger partial charge is 0.299 e. The molecule has 56 valence electrons. The lowest BCUT2D eigenvalue weighted by molar-refractivity contribution is 0.198. The van der Waals surface area contributed by atoms with E-state index in [4.69, 9.17) is 18.1 Å². The van der Waals surface area contributed by atoms with Gasteiger partial charge in [0.1, 0.15) is 0 Å². The van der Waals surface area contributed by atoms with Crippen molar-refractivity contribution in [2.75, 3.05) is 13.2 Å². The first-order valence-electron chi connectivity index (χ1n) is 2.61. The summed E-state index contributed by atoms with van der Waals surface area (Å²) in [5, 5.41) is 0. The molecule has 0 aromatic carbocycles. The molecular formula is C4H10O4S. The molecule has 0 aliphatic carbocycles. The average Bonchev–Trinajstić information content (AvgIpc) is 2.11. The van der Waals surface area contributed by atoms with E-state index in [-0.39, 0.29) is 0 Å². The molecule has 0 atom stereocenters. The molecule has 0 saturated carbocycles. The molecule has 5 heteroatoms. The van der Waals surface area contributed by atoms with Crippen molar-refractivity contribution >= 4 is 11.4 Å². The predicted octanol–water partition coefficient (Wildman–Crippen LogP) is 0.478. The van der Waals surface area contributed by atoms with Crippen LogP contribution in [0.3, 0.4) is 0 Å². The van der Waals surface area contributed by atoms with Crippen LogP contribution in [0.2, 0.25) is 0 Å². The second-order valence-electron chi connectivity index (χ2n) is 1.55. The average molecular weight is 154 g/mol. The van der Waals surface area contributed by atoms with Crippen molar-refractivity contribution in [1.29, 1.82) is 0 Å². The van der Waals surface area contributed by atoms with Gasteiger partial charge in [-0.15, -0.1) is 0 Å². The largest absolute Gasteiger partial charge is 0.381 e. The third kappa shape index (κ3) is 11.5. The number of rotatable bonds is 0. The molecular weight excluding hydrogens is 144 g/mol. The Hall–Kier alpha value is 0.0300. The highest BCUT2D eigenvalue weighted by Crippen LogP contribution is 1.98. The Balaban J connectivity index is 0.000000148. The van der Waals surface area contributed by atoms with Crippen LogP contribution in [0.5, 0.6) is 0 Å². The van der Waals surface area contributed by atoms with Gasteiger partial charge in [0.2, 0.25) is 0 Å². The predicted molar refractivity (Wildman–Crippen MR) is 33.5 cm³/mol. The molecule has 0 amide bonds. The maximum Gasteiger partial charge on any atom is 0.299 e. The summed E-state index contributed by atoms with van der Waals surface area (Å²) in [6, 6.07) is 0. The Kier molecular flexibility index (Phi) is 6.18. The first-order chi connectivity index (χ1) is 4.23. The van der Waals surface area contributed by atoms with E-state index in [2.05, 4.69) is 0 Å². The van der Waals surface area contributed by atoms with Crippen molar-refractivity contribution in [1.82, 2.24) is 0 Å². The molecule has 1 fully saturated rings. The zero-order valence-corrected chi connectivity index (χ0v) is 5.76. The minimum absolute atomic E-state index is 1.00. The summed E-state index contributed by atoms with van der Waals surface area (Å²) in [4.78, 5) is 0. The minimum Gasteiger partial charge on any atom is -0.381 e. The van der Waals surface area contributed by atoms with Gasteiger partial charge >= 0.3 is 0 Å². The van der Waals surface area contributed by atoms with Crippen LogP contribution in [0.25, 0.3) is 0 Å². The summed E-state index contributed by atoms with van der Waals surface area (Å²) in [7, 11) is 0. The zero-order valence-electron chi connectivity index (χ0n) is 4.95. The quantitative estimate of drug-likeness (QED) is 0.498. The lowest BCUT2D eigenvalue weighted by atomic mass is 10.4. The van der Waals surface area contributed by atoms with Crippen LogP contribution >= 0.6 is 0 Å². The molecule has 9 heavy (non-hydrogen) atoms. The van der Waals surface area contributed by atoms with Crippen molar-refractivity contribution in [2.45, 2.75) is 12.8 Å². The van der Waals surface area contributed by atoms with Crippen molar-refractivity contribution in [3.05, 3.63) is 0 Å². The highest BCUT2D eigenvalue weighted by molar-refractivity contribution is 7.73. The Bertz CT molecular complexity index is 69.0. The third-order valence-corrected chi connectivity index (χ3v) is 0.827. The number of hydrogen-bond acceptors (Lipinski definition) is 2. The lowest BCUT2D eigenvalue weighted by Crippen LogP contribution is -1.74. The van der Waals surface area contributed by atoms with Gasteiger partial charge in [-0.05, 0) is 12.8 Å². The SMILES string of the molecule is C1CCOC1.O=S(O)O. The molecule has 0 bridgehead atoms. The van der Waals surface area contributed by atoms with E-state index in [0.29, 0.717) is 0 Å². The summed E-state index contributed by atoms with van der Waals surface area (Å²) >= 11 is -2.61. The van der Waals surface area contributed by atoms with Crippen molar-refractivity contribution in [2.24, 2.45) is 0 Å². The van der Waals surface area contributed by atoms with Crippen LogP contribution in [-0.2, 0) is 16.1 Å². The van der Waals surface area contributed by atoms with Gasteiger partial charge in [-0.3, -0.25) is 9.11 Å². The molecule has 1 saturated heterocycles. The van der Waals surface area contributed by atoms with Crippen LogP contribution in [0.15, 0.2) is 0 Å². The van der Waals surface area contributed by atoms with Gasteiger partial charge in [0.15, 0.2) is 0 Å². The van der Waals surface area contributed by atoms with E-state index in [0.717, 1.165) is 13.2 Å². The Morgan fingerprint density at radius 1 is 1.22 bits per heavy atom. The van der Waals surface area contributed by atoms with Crippen LogP contribution in [0.4, 0.5) is 0 Å². The fourth-order valence-corrected chi connectivity index (χ4v) is 0.510. The van der Waals surface area contributed by atoms with Crippen LogP contribution < -0.4 is 0 Å². The van der Waals surface area contributed by atoms with E-state index in [1.165, 1.54) is 12.8 Å². The first kappa shape index (κ1) is 9.03. The molecule has 0 aromatic heterocycles. The third-order valence-electron chi connectivity index (χ3n) is 0.827. The maximum atomic E-state index is 8.67. The van der Waals surface area contributed by atoms with E-state index >= 15 is 0 Å². The second kappa shape index (κ2) is 6.15. The van der Waals surface area contributed by atoms with E-state index in [1.807, 2.05) is 0 Å². The molecule has 1 rings (SSSR count). The highest BCUT2D eigenvalue weighted by atomic mass is 32.2. The molecule has 0 unspecified atom stereocenters. The van der Waals surface area contributed by atoms with Crippen molar-refractivity contribution in [3.63, 3.8) is 0 Å². The van der Waals surface area contributed by atoms with Gasteiger partial charge in [-0.1, -0.05) is 0 Å². The Morgan fingerprint density at radius 3 is 1.67 bits per heavy atom. The van der Waals surface area contributed by atoms with Gasteiger partial charge in [-0.25, -0.2) is 0 Å². The van der Waals surface area contributed by atoms with Gasteiger partial charge < -0.3 is 4.74 Å². The monoisotopic (exact) mass is 154 g/mol. The van der Waals surface area contributed by atoms with Gasteiger partial charge in [0.25, 0.3) is 11.4 Å². The molecule has 0 radical (unpaired) electrons. The van der Waals surface area contributed by atoms with Crippen LogP contribution in [-0.4, -0.2) is 26.5 Å². The Morgan fingerprint density at radius 2 is 1.56 bits per heavy atom.